The van der Waals surface area contributed by atoms with E-state index in [2.05, 4.69) is 21.8 Å². The van der Waals surface area contributed by atoms with Crippen LogP contribution in [0.1, 0.15) is 23.7 Å². The number of aromatic nitrogens is 4. The topological polar surface area (TPSA) is 67.2 Å². The van der Waals surface area contributed by atoms with Gasteiger partial charge in [-0.15, -0.1) is 0 Å². The van der Waals surface area contributed by atoms with Crippen molar-refractivity contribution in [1.29, 1.82) is 0 Å². The summed E-state index contributed by atoms with van der Waals surface area (Å²) in [6.45, 7) is 4.30. The molecule has 2 aromatic heterocycles. The Hall–Kier alpha value is -3.74. The van der Waals surface area contributed by atoms with Crippen LogP contribution in [-0.4, -0.2) is 56.0 Å². The lowest BCUT2D eigenvalue weighted by Gasteiger charge is -2.29. The van der Waals surface area contributed by atoms with Crippen LogP contribution in [0.4, 0.5) is 5.95 Å². The zero-order chi connectivity index (χ0) is 21.2. The highest BCUT2D eigenvalue weighted by Crippen LogP contribution is 2.22. The van der Waals surface area contributed by atoms with E-state index in [4.69, 9.17) is 4.98 Å². The van der Waals surface area contributed by atoms with Crippen LogP contribution in [0, 0.1) is 0 Å². The van der Waals surface area contributed by atoms with Crippen LogP contribution < -0.4 is 4.90 Å². The predicted molar refractivity (Wildman–Crippen MR) is 120 cm³/mol. The molecule has 1 atom stereocenters. The smallest absolute Gasteiger partial charge is 0.256 e. The van der Waals surface area contributed by atoms with Crippen molar-refractivity contribution in [3.63, 3.8) is 0 Å². The number of amides is 1. The van der Waals surface area contributed by atoms with Crippen LogP contribution in [0.5, 0.6) is 0 Å². The van der Waals surface area contributed by atoms with Gasteiger partial charge in [-0.3, -0.25) is 4.79 Å². The Kier molecular flexibility index (Phi) is 5.08. The van der Waals surface area contributed by atoms with Crippen LogP contribution in [0.15, 0.2) is 73.4 Å². The van der Waals surface area contributed by atoms with E-state index in [1.807, 2.05) is 70.4 Å². The van der Waals surface area contributed by atoms with Crippen molar-refractivity contribution in [1.82, 2.24) is 24.4 Å². The van der Waals surface area contributed by atoms with E-state index in [0.717, 1.165) is 35.5 Å². The molecule has 0 aliphatic carbocycles. The second-order valence-corrected chi connectivity index (χ2v) is 7.86. The molecule has 7 nitrogen and oxygen atoms in total. The minimum atomic E-state index is 0.0286. The number of fused-ring (bicyclic) bond motifs is 1. The molecule has 1 saturated heterocycles. The highest BCUT2D eigenvalue weighted by atomic mass is 16.2. The summed E-state index contributed by atoms with van der Waals surface area (Å²) in [7, 11) is 0. The molecule has 1 fully saturated rings. The number of rotatable bonds is 3. The van der Waals surface area contributed by atoms with Crippen molar-refractivity contribution < 1.29 is 4.79 Å². The third-order valence-electron chi connectivity index (χ3n) is 5.78. The summed E-state index contributed by atoms with van der Waals surface area (Å²) in [6, 6.07) is 15.7. The van der Waals surface area contributed by atoms with Gasteiger partial charge in [-0.05, 0) is 31.5 Å². The molecule has 1 aliphatic heterocycles. The molecule has 0 radical (unpaired) electrons. The molecule has 0 spiro atoms. The summed E-state index contributed by atoms with van der Waals surface area (Å²) in [6.07, 6.45) is 8.03. The lowest BCUT2D eigenvalue weighted by atomic mass is 10.1. The number of hydrogen-bond acceptors (Lipinski definition) is 5. The Labute approximate surface area is 181 Å². The van der Waals surface area contributed by atoms with Gasteiger partial charge in [0, 0.05) is 49.7 Å². The lowest BCUT2D eigenvalue weighted by Crippen LogP contribution is -2.43. The van der Waals surface area contributed by atoms with Crippen molar-refractivity contribution in [2.75, 3.05) is 24.5 Å². The number of hydrogen-bond donors (Lipinski definition) is 0. The zero-order valence-corrected chi connectivity index (χ0v) is 17.4. The molecule has 3 heterocycles. The summed E-state index contributed by atoms with van der Waals surface area (Å²) in [5, 5.41) is 1.03. The summed E-state index contributed by atoms with van der Waals surface area (Å²) in [5.41, 5.74) is 2.46. The molecular formula is C24H24N6O. The number of benzene rings is 2. The van der Waals surface area contributed by atoms with Gasteiger partial charge in [-0.2, -0.15) is 0 Å². The van der Waals surface area contributed by atoms with Gasteiger partial charge in [-0.25, -0.2) is 15.0 Å². The maximum absolute atomic E-state index is 13.5. The number of imidazole rings is 1. The lowest BCUT2D eigenvalue weighted by molar-refractivity contribution is 0.0708. The van der Waals surface area contributed by atoms with E-state index in [1.54, 1.807) is 12.5 Å². The summed E-state index contributed by atoms with van der Waals surface area (Å²) >= 11 is 0. The first kappa shape index (κ1) is 19.2. The Balaban J connectivity index is 1.39. The minimum absolute atomic E-state index is 0.0286. The highest BCUT2D eigenvalue weighted by Gasteiger charge is 2.28. The van der Waals surface area contributed by atoms with Gasteiger partial charge in [0.25, 0.3) is 5.91 Å². The number of carbonyl (C=O) groups excluding carboxylic acids is 1. The molecule has 1 amide bonds. The zero-order valence-electron chi connectivity index (χ0n) is 17.4. The molecule has 0 N–H and O–H groups in total. The SMILES string of the molecule is C[C@H]1CN(c2ncc3ccccc3n2)CCCN1C(=O)c1ccccc1-n1ccnc1. The first-order valence-corrected chi connectivity index (χ1v) is 10.6. The van der Waals surface area contributed by atoms with E-state index in [9.17, 15) is 4.79 Å². The largest absolute Gasteiger partial charge is 0.339 e. The normalized spacial score (nSPS) is 17.0. The quantitative estimate of drug-likeness (QED) is 0.515. The summed E-state index contributed by atoms with van der Waals surface area (Å²) < 4.78 is 1.88. The third kappa shape index (κ3) is 3.74. The predicted octanol–water partition coefficient (Wildman–Crippen LogP) is 3.56. The fraction of sp³-hybridized carbons (Fsp3) is 0.250. The molecular weight excluding hydrogens is 388 g/mol. The van der Waals surface area contributed by atoms with Crippen LogP contribution in [0.25, 0.3) is 16.6 Å². The summed E-state index contributed by atoms with van der Waals surface area (Å²) in [5.74, 6) is 0.761. The number of nitrogens with zero attached hydrogens (tertiary/aromatic N) is 6. The molecule has 0 bridgehead atoms. The maximum Gasteiger partial charge on any atom is 0.256 e. The van der Waals surface area contributed by atoms with Crippen molar-refractivity contribution in [3.05, 3.63) is 79.0 Å². The second-order valence-electron chi connectivity index (χ2n) is 7.86. The van der Waals surface area contributed by atoms with E-state index in [-0.39, 0.29) is 11.9 Å². The van der Waals surface area contributed by atoms with E-state index < -0.39 is 0 Å². The highest BCUT2D eigenvalue weighted by molar-refractivity contribution is 5.98. The van der Waals surface area contributed by atoms with Crippen LogP contribution >= 0.6 is 0 Å². The molecule has 4 aromatic rings. The minimum Gasteiger partial charge on any atom is -0.339 e. The van der Waals surface area contributed by atoms with E-state index in [1.165, 1.54) is 0 Å². The molecule has 31 heavy (non-hydrogen) atoms. The van der Waals surface area contributed by atoms with Gasteiger partial charge >= 0.3 is 0 Å². The molecule has 5 rings (SSSR count). The van der Waals surface area contributed by atoms with Crippen molar-refractivity contribution >= 4 is 22.8 Å². The fourth-order valence-electron chi connectivity index (χ4n) is 4.20. The van der Waals surface area contributed by atoms with E-state index >= 15 is 0 Å². The van der Waals surface area contributed by atoms with Gasteiger partial charge in [0.15, 0.2) is 0 Å². The number of carbonyl (C=O) groups is 1. The van der Waals surface area contributed by atoms with Gasteiger partial charge in [-0.1, -0.05) is 30.3 Å². The van der Waals surface area contributed by atoms with Gasteiger partial charge in [0.05, 0.1) is 23.1 Å². The Morgan fingerprint density at radius 1 is 1.06 bits per heavy atom. The maximum atomic E-state index is 13.5. The fourth-order valence-corrected chi connectivity index (χ4v) is 4.20. The van der Waals surface area contributed by atoms with Gasteiger partial charge in [0.1, 0.15) is 0 Å². The molecule has 156 valence electrons. The van der Waals surface area contributed by atoms with Crippen molar-refractivity contribution in [2.45, 2.75) is 19.4 Å². The standard InChI is InChI=1S/C24H24N6O/c1-18-16-28(24-26-15-19-7-2-4-9-21(19)27-24)12-6-13-30(18)23(31)20-8-3-5-10-22(20)29-14-11-25-17-29/h2-5,7-11,14-15,17-18H,6,12-13,16H2,1H3/t18-/m0/s1. The molecule has 0 unspecified atom stereocenters. The number of para-hydroxylation sites is 2. The molecule has 0 saturated carbocycles. The van der Waals surface area contributed by atoms with Crippen LogP contribution in [0.2, 0.25) is 0 Å². The summed E-state index contributed by atoms with van der Waals surface area (Å²) in [4.78, 5) is 31.2. The van der Waals surface area contributed by atoms with Gasteiger partial charge in [0.2, 0.25) is 5.95 Å². The third-order valence-corrected chi connectivity index (χ3v) is 5.78. The average molecular weight is 412 g/mol. The first-order valence-electron chi connectivity index (χ1n) is 10.6. The Morgan fingerprint density at radius 3 is 2.77 bits per heavy atom. The Bertz CT molecular complexity index is 1210. The van der Waals surface area contributed by atoms with Crippen molar-refractivity contribution in [3.8, 4) is 5.69 Å². The second kappa shape index (κ2) is 8.18. The molecule has 2 aromatic carbocycles. The number of anilines is 1. The van der Waals surface area contributed by atoms with Crippen LogP contribution in [-0.2, 0) is 0 Å². The molecule has 7 heteroatoms. The monoisotopic (exact) mass is 412 g/mol. The van der Waals surface area contributed by atoms with E-state index in [0.29, 0.717) is 18.7 Å². The first-order chi connectivity index (χ1) is 15.2. The Morgan fingerprint density at radius 2 is 1.90 bits per heavy atom. The van der Waals surface area contributed by atoms with Gasteiger partial charge < -0.3 is 14.4 Å². The van der Waals surface area contributed by atoms with Crippen molar-refractivity contribution in [2.24, 2.45) is 0 Å². The van der Waals surface area contributed by atoms with Crippen LogP contribution in [0.3, 0.4) is 0 Å². The molecule has 1 aliphatic rings. The average Bonchev–Trinajstić information content (AvgIpc) is 3.28.